The molecule has 310 valence electrons. The third kappa shape index (κ3) is 12.4. The zero-order valence-corrected chi connectivity index (χ0v) is 32.6. The third-order valence-corrected chi connectivity index (χ3v) is 9.87. The van der Waals surface area contributed by atoms with Gasteiger partial charge in [0.1, 0.15) is 41.9 Å². The molecule has 11 atom stereocenters. The normalized spacial score (nSPS) is 32.7. The molecule has 0 radical (unpaired) electrons. The molecule has 2 amide bonds. The van der Waals surface area contributed by atoms with Crippen molar-refractivity contribution in [1.82, 2.24) is 20.7 Å². The smallest absolute Gasteiger partial charge is 0.408 e. The summed E-state index contributed by atoms with van der Waals surface area (Å²) in [5, 5.41) is 52.7. The molecule has 4 rings (SSSR count). The second kappa shape index (κ2) is 18.1. The molecule has 7 N–H and O–H groups in total. The van der Waals surface area contributed by atoms with Gasteiger partial charge in [0.2, 0.25) is 16.3 Å². The average molecular weight is 804 g/mol. The maximum absolute atomic E-state index is 12.8. The zero-order valence-electron chi connectivity index (χ0n) is 31.8. The SMILES string of the molecule is CN[C@@H]1[C@@H](O)[C@@H](O[C@@H]2[C@@H](O)[C@H](O[C@H]3OC(CNC(=O)OCc4cccc([N+](=O)[O-])c4)=CC[C@H]3NC(=O)OC(C)(C)C)[C@@H](C)C[C@H]2NS(C)(=O)=O)OC[C@]1(C)O. The monoisotopic (exact) mass is 803 g/mol. The number of carbonyl (C=O) groups excluding carboxylic acids is 2. The number of benzene rings is 1. The summed E-state index contributed by atoms with van der Waals surface area (Å²) in [6, 6.07) is 2.86. The van der Waals surface area contributed by atoms with Gasteiger partial charge in [0, 0.05) is 12.1 Å². The Morgan fingerprint density at radius 2 is 1.78 bits per heavy atom. The highest BCUT2D eigenvalue weighted by Crippen LogP contribution is 2.35. The van der Waals surface area contributed by atoms with Crippen LogP contribution in [0.4, 0.5) is 15.3 Å². The Hall–Kier alpha value is -3.67. The molecule has 0 unspecified atom stereocenters. The van der Waals surface area contributed by atoms with Crippen LogP contribution in [0.15, 0.2) is 36.1 Å². The van der Waals surface area contributed by atoms with Gasteiger partial charge in [0.15, 0.2) is 6.29 Å². The molecule has 20 nitrogen and oxygen atoms in total. The molecule has 2 fully saturated rings. The van der Waals surface area contributed by atoms with E-state index < -0.39 is 99.4 Å². The maximum atomic E-state index is 12.8. The Balaban J connectivity index is 1.51. The molecule has 55 heavy (non-hydrogen) atoms. The molecule has 21 heteroatoms. The molecule has 3 aliphatic rings. The van der Waals surface area contributed by atoms with Crippen molar-refractivity contribution in [2.45, 2.75) is 120 Å². The minimum Gasteiger partial charge on any atom is -0.465 e. The molecule has 2 heterocycles. The zero-order chi connectivity index (χ0) is 40.9. The van der Waals surface area contributed by atoms with Crippen molar-refractivity contribution in [2.75, 3.05) is 26.5 Å². The fourth-order valence-electron chi connectivity index (χ4n) is 6.68. The van der Waals surface area contributed by atoms with Crippen molar-refractivity contribution < 1.29 is 66.7 Å². The maximum Gasteiger partial charge on any atom is 0.408 e. The molecular formula is C34H53N5O15S. The van der Waals surface area contributed by atoms with Crippen LogP contribution >= 0.6 is 0 Å². The average Bonchev–Trinajstić information content (AvgIpc) is 3.07. The lowest BCUT2D eigenvalue weighted by atomic mass is 9.80. The van der Waals surface area contributed by atoms with Gasteiger partial charge in [0.25, 0.3) is 5.69 Å². The number of rotatable bonds is 13. The summed E-state index contributed by atoms with van der Waals surface area (Å²) in [5.74, 6) is -0.329. The van der Waals surface area contributed by atoms with Gasteiger partial charge < -0.3 is 59.7 Å². The molecule has 1 saturated carbocycles. The van der Waals surface area contributed by atoms with E-state index >= 15 is 0 Å². The standard InChI is InChI=1S/C34H53N5O15S/c1-18-13-23(38-55(7,47)48)27(53-30-25(41)28(35-6)34(5,44)17-50-30)24(40)26(18)52-29-22(37-32(43)54-33(2,3)4)12-11-21(51-29)15-36-31(42)49-16-19-9-8-10-20(14-19)39(45)46/h8-11,14,18,22-30,35,38,40-41,44H,12-13,15-17H2,1-7H3,(H,36,42)(H,37,43)/t18-,22+,23+,24-,25+,26+,27-,28+,29+,30+,34-/m0/s1. The number of carbonyl (C=O) groups is 2. The topological polar surface area (TPSA) is 276 Å². The van der Waals surface area contributed by atoms with Crippen LogP contribution in [-0.2, 0) is 45.1 Å². The second-order valence-corrected chi connectivity index (χ2v) is 17.0. The first-order valence-electron chi connectivity index (χ1n) is 17.7. The van der Waals surface area contributed by atoms with Crippen LogP contribution < -0.4 is 20.7 Å². The van der Waals surface area contributed by atoms with Crippen LogP contribution in [0.2, 0.25) is 0 Å². The van der Waals surface area contributed by atoms with Crippen LogP contribution in [0.3, 0.4) is 0 Å². The highest BCUT2D eigenvalue weighted by molar-refractivity contribution is 7.88. The number of nitro groups is 1. The highest BCUT2D eigenvalue weighted by atomic mass is 32.2. The molecule has 1 saturated heterocycles. The number of sulfonamides is 1. The first-order valence-corrected chi connectivity index (χ1v) is 19.6. The third-order valence-electron chi connectivity index (χ3n) is 9.14. The van der Waals surface area contributed by atoms with Crippen LogP contribution in [0, 0.1) is 16.0 Å². The van der Waals surface area contributed by atoms with Crippen molar-refractivity contribution >= 4 is 27.9 Å². The molecule has 0 bridgehead atoms. The fraction of sp³-hybridized carbons (Fsp3) is 0.706. The summed E-state index contributed by atoms with van der Waals surface area (Å²) < 4.78 is 62.1. The quantitative estimate of drug-likeness (QED) is 0.106. The fourth-order valence-corrected chi connectivity index (χ4v) is 7.46. The van der Waals surface area contributed by atoms with Crippen molar-refractivity contribution in [3.63, 3.8) is 0 Å². The summed E-state index contributed by atoms with van der Waals surface area (Å²) in [6.07, 6.45) is -6.94. The number of nitro benzene ring substituents is 1. The molecule has 0 aromatic heterocycles. The van der Waals surface area contributed by atoms with Gasteiger partial charge in [-0.3, -0.25) is 10.1 Å². The van der Waals surface area contributed by atoms with E-state index in [0.29, 0.717) is 5.56 Å². The number of aliphatic hydroxyl groups is 3. The van der Waals surface area contributed by atoms with E-state index in [-0.39, 0.29) is 44.0 Å². The number of amides is 2. The number of hydrogen-bond donors (Lipinski definition) is 7. The first kappa shape index (κ1) is 44.0. The van der Waals surface area contributed by atoms with Crippen molar-refractivity contribution in [3.8, 4) is 0 Å². The Labute approximate surface area is 319 Å². The van der Waals surface area contributed by atoms with Crippen molar-refractivity contribution in [1.29, 1.82) is 0 Å². The van der Waals surface area contributed by atoms with E-state index in [1.165, 1.54) is 32.2 Å². The van der Waals surface area contributed by atoms with E-state index in [2.05, 4.69) is 20.7 Å². The minimum atomic E-state index is -3.82. The highest BCUT2D eigenvalue weighted by Gasteiger charge is 2.52. The number of non-ortho nitro benzene ring substituents is 1. The summed E-state index contributed by atoms with van der Waals surface area (Å²) in [4.78, 5) is 35.9. The summed E-state index contributed by atoms with van der Waals surface area (Å²) in [6.45, 7) is 7.58. The Kier molecular flexibility index (Phi) is 14.5. The van der Waals surface area contributed by atoms with E-state index in [0.717, 1.165) is 6.26 Å². The van der Waals surface area contributed by atoms with E-state index in [9.17, 15) is 43.4 Å². The summed E-state index contributed by atoms with van der Waals surface area (Å²) in [7, 11) is -2.29. The van der Waals surface area contributed by atoms with Crippen molar-refractivity contribution in [2.24, 2.45) is 5.92 Å². The Morgan fingerprint density at radius 3 is 2.42 bits per heavy atom. The molecule has 1 aliphatic carbocycles. The number of ether oxygens (including phenoxy) is 6. The van der Waals surface area contributed by atoms with Crippen LogP contribution in [0.25, 0.3) is 0 Å². The number of likely N-dealkylation sites (N-methyl/N-ethyl adjacent to an activating group) is 1. The predicted molar refractivity (Wildman–Crippen MR) is 193 cm³/mol. The van der Waals surface area contributed by atoms with Gasteiger partial charge in [-0.25, -0.2) is 22.7 Å². The lowest BCUT2D eigenvalue weighted by Crippen LogP contribution is -2.67. The number of alkyl carbamates (subject to hydrolysis) is 2. The molecule has 0 spiro atoms. The first-order chi connectivity index (χ1) is 25.6. The van der Waals surface area contributed by atoms with E-state index in [1.807, 2.05) is 0 Å². The Bertz CT molecular complexity index is 1650. The lowest BCUT2D eigenvalue weighted by Gasteiger charge is -2.49. The molecular weight excluding hydrogens is 750 g/mol. The van der Waals surface area contributed by atoms with Gasteiger partial charge in [-0.1, -0.05) is 19.1 Å². The number of nitrogens with one attached hydrogen (secondary N) is 4. The summed E-state index contributed by atoms with van der Waals surface area (Å²) in [5.41, 5.74) is -2.06. The Morgan fingerprint density at radius 1 is 1.09 bits per heavy atom. The van der Waals surface area contributed by atoms with E-state index in [4.69, 9.17) is 28.4 Å². The molecule has 1 aromatic rings. The number of nitrogens with zero attached hydrogens (tertiary/aromatic N) is 1. The van der Waals surface area contributed by atoms with Crippen molar-refractivity contribution in [3.05, 3.63) is 51.8 Å². The minimum absolute atomic E-state index is 0.0903. The number of hydrogen-bond acceptors (Lipinski definition) is 16. The van der Waals surface area contributed by atoms with Crippen LogP contribution in [0.1, 0.15) is 53.0 Å². The van der Waals surface area contributed by atoms with Gasteiger partial charge in [0.05, 0.1) is 48.6 Å². The van der Waals surface area contributed by atoms with Gasteiger partial charge in [-0.05, 0) is 65.1 Å². The molecule has 2 aliphatic heterocycles. The number of aliphatic hydroxyl groups excluding tert-OH is 2. The van der Waals surface area contributed by atoms with Crippen LogP contribution in [0.5, 0.6) is 0 Å². The molecule has 1 aromatic carbocycles. The second-order valence-electron chi connectivity index (χ2n) is 15.2. The largest absolute Gasteiger partial charge is 0.465 e. The van der Waals surface area contributed by atoms with Gasteiger partial charge >= 0.3 is 12.2 Å². The lowest BCUT2D eigenvalue weighted by molar-refractivity contribution is -0.384. The van der Waals surface area contributed by atoms with E-state index in [1.54, 1.807) is 39.8 Å². The van der Waals surface area contributed by atoms with Gasteiger partial charge in [-0.15, -0.1) is 0 Å². The van der Waals surface area contributed by atoms with Crippen LogP contribution in [-0.4, -0.2) is 134 Å². The van der Waals surface area contributed by atoms with Gasteiger partial charge in [-0.2, -0.15) is 0 Å². The predicted octanol–water partition coefficient (Wildman–Crippen LogP) is 0.490. The summed E-state index contributed by atoms with van der Waals surface area (Å²) >= 11 is 0.